The molecule has 0 amide bonds. The number of benzene rings is 1. The van der Waals surface area contributed by atoms with E-state index in [0.29, 0.717) is 13.2 Å². The molecule has 0 unspecified atom stereocenters. The molecule has 8 nitrogen and oxygen atoms in total. The minimum Gasteiger partial charge on any atom is -0.376 e. The summed E-state index contributed by atoms with van der Waals surface area (Å²) >= 11 is 0. The fraction of sp³-hybridized carbons (Fsp3) is 0.500. The lowest BCUT2D eigenvalue weighted by Gasteiger charge is -2.08. The topological polar surface area (TPSA) is 96.6 Å². The molecule has 0 aliphatic carbocycles. The fourth-order valence-corrected chi connectivity index (χ4v) is 4.39. The molecule has 2 aliphatic rings. The molecule has 5 rings (SSSR count). The maximum atomic E-state index is 12.8. The third-order valence-electron chi connectivity index (χ3n) is 5.88. The van der Waals surface area contributed by atoms with Gasteiger partial charge in [0.25, 0.3) is 22.2 Å². The highest BCUT2D eigenvalue weighted by atomic mass is 16.5. The van der Waals surface area contributed by atoms with Crippen LogP contribution in [-0.4, -0.2) is 34.6 Å². The Morgan fingerprint density at radius 3 is 1.32 bits per heavy atom. The van der Waals surface area contributed by atoms with Crippen LogP contribution >= 0.6 is 0 Å². The van der Waals surface area contributed by atoms with E-state index in [1.165, 1.54) is 12.1 Å². The first-order valence-corrected chi connectivity index (χ1v) is 9.68. The lowest BCUT2D eigenvalue weighted by Crippen LogP contribution is -2.31. The molecule has 28 heavy (non-hydrogen) atoms. The van der Waals surface area contributed by atoms with Crippen LogP contribution in [0.1, 0.15) is 25.7 Å². The van der Waals surface area contributed by atoms with E-state index in [4.69, 9.17) is 9.47 Å². The van der Waals surface area contributed by atoms with Crippen molar-refractivity contribution in [2.75, 3.05) is 13.2 Å². The highest BCUT2D eigenvalue weighted by Crippen LogP contribution is 2.18. The van der Waals surface area contributed by atoms with E-state index in [2.05, 4.69) is 0 Å². The third-order valence-corrected chi connectivity index (χ3v) is 5.88. The molecule has 4 heterocycles. The maximum absolute atomic E-state index is 12.8. The summed E-state index contributed by atoms with van der Waals surface area (Å²) in [4.78, 5) is 51.1. The highest BCUT2D eigenvalue weighted by Gasteiger charge is 2.24. The lowest BCUT2D eigenvalue weighted by molar-refractivity contribution is 0.0957. The van der Waals surface area contributed by atoms with Crippen LogP contribution in [0.2, 0.25) is 0 Å². The maximum Gasteiger partial charge on any atom is 0.261 e. The summed E-state index contributed by atoms with van der Waals surface area (Å²) in [5.41, 5.74) is -1.74. The predicted molar refractivity (Wildman–Crippen MR) is 103 cm³/mol. The molecule has 2 atom stereocenters. The number of hydrogen-bond donors (Lipinski definition) is 0. The van der Waals surface area contributed by atoms with Gasteiger partial charge in [-0.15, -0.1) is 0 Å². The van der Waals surface area contributed by atoms with Crippen molar-refractivity contribution in [3.05, 3.63) is 53.5 Å². The molecule has 2 saturated heterocycles. The summed E-state index contributed by atoms with van der Waals surface area (Å²) in [7, 11) is 0. The molecule has 3 aromatic rings. The van der Waals surface area contributed by atoms with Crippen molar-refractivity contribution in [2.24, 2.45) is 0 Å². The molecule has 0 radical (unpaired) electrons. The zero-order chi connectivity index (χ0) is 19.4. The van der Waals surface area contributed by atoms with Crippen LogP contribution in [0.4, 0.5) is 0 Å². The van der Waals surface area contributed by atoms with Crippen LogP contribution in [0.25, 0.3) is 21.5 Å². The average Bonchev–Trinajstić information content (AvgIpc) is 3.47. The van der Waals surface area contributed by atoms with Crippen LogP contribution in [0.5, 0.6) is 0 Å². The van der Waals surface area contributed by atoms with Crippen LogP contribution < -0.4 is 22.2 Å². The molecular weight excluding hydrogens is 364 g/mol. The number of fused-ring (bicyclic) bond motifs is 2. The predicted octanol–water partition coefficient (Wildman–Crippen LogP) is 0.270. The van der Waals surface area contributed by atoms with Gasteiger partial charge in [0.1, 0.15) is 0 Å². The van der Waals surface area contributed by atoms with Gasteiger partial charge in [0.2, 0.25) is 0 Å². The second-order valence-electron chi connectivity index (χ2n) is 7.66. The first-order valence-electron chi connectivity index (χ1n) is 9.68. The Labute approximate surface area is 158 Å². The largest absolute Gasteiger partial charge is 0.376 e. The van der Waals surface area contributed by atoms with Crippen molar-refractivity contribution < 1.29 is 9.47 Å². The standard InChI is InChI=1S/C20H20N2O6/c23-17-13-7-15-16(20(26)22(19(15)25)10-12-4-2-6-28-12)8-14(13)18(24)21(17)9-11-3-1-5-27-11/h7-8,11-12H,1-6,9-10H2/t11-,12+. The Hall–Kier alpha value is -2.58. The second kappa shape index (κ2) is 6.49. The van der Waals surface area contributed by atoms with Crippen LogP contribution in [-0.2, 0) is 22.6 Å². The van der Waals surface area contributed by atoms with Crippen LogP contribution in [0.3, 0.4) is 0 Å². The van der Waals surface area contributed by atoms with Crippen molar-refractivity contribution in [1.82, 2.24) is 9.13 Å². The molecule has 2 aliphatic heterocycles. The zero-order valence-corrected chi connectivity index (χ0v) is 15.3. The average molecular weight is 384 g/mol. The Morgan fingerprint density at radius 2 is 1.04 bits per heavy atom. The van der Waals surface area contributed by atoms with E-state index in [1.807, 2.05) is 0 Å². The normalized spacial score (nSPS) is 22.7. The number of aromatic nitrogens is 2. The van der Waals surface area contributed by atoms with E-state index in [9.17, 15) is 19.2 Å². The zero-order valence-electron chi connectivity index (χ0n) is 15.3. The Bertz CT molecular complexity index is 1090. The van der Waals surface area contributed by atoms with Gasteiger partial charge in [0.15, 0.2) is 0 Å². The van der Waals surface area contributed by atoms with Crippen molar-refractivity contribution in [3.8, 4) is 0 Å². The van der Waals surface area contributed by atoms with Gasteiger partial charge in [-0.25, -0.2) is 0 Å². The Morgan fingerprint density at radius 1 is 0.679 bits per heavy atom. The van der Waals surface area contributed by atoms with Gasteiger partial charge >= 0.3 is 0 Å². The van der Waals surface area contributed by atoms with E-state index in [0.717, 1.165) is 34.8 Å². The van der Waals surface area contributed by atoms with Gasteiger partial charge < -0.3 is 9.47 Å². The van der Waals surface area contributed by atoms with Gasteiger partial charge in [-0.2, -0.15) is 0 Å². The van der Waals surface area contributed by atoms with E-state index < -0.39 is 22.2 Å². The van der Waals surface area contributed by atoms with Gasteiger partial charge in [-0.05, 0) is 37.8 Å². The van der Waals surface area contributed by atoms with Crippen LogP contribution in [0.15, 0.2) is 31.3 Å². The van der Waals surface area contributed by atoms with Crippen molar-refractivity contribution in [3.63, 3.8) is 0 Å². The quantitative estimate of drug-likeness (QED) is 0.641. The SMILES string of the molecule is O=c1c2cc3c(=O)n(C[C@@H]4CCCO4)c(=O)c3cc2c(=O)n1C[C@H]1CCCO1. The highest BCUT2D eigenvalue weighted by molar-refractivity contribution is 5.97. The van der Waals surface area contributed by atoms with Gasteiger partial charge in [-0.3, -0.25) is 28.3 Å². The summed E-state index contributed by atoms with van der Waals surface area (Å²) in [5.74, 6) is 0. The van der Waals surface area contributed by atoms with Crippen molar-refractivity contribution in [1.29, 1.82) is 0 Å². The molecule has 0 N–H and O–H groups in total. The first kappa shape index (κ1) is 17.5. The minimum atomic E-state index is -0.434. The minimum absolute atomic E-state index is 0.153. The monoisotopic (exact) mass is 384 g/mol. The second-order valence-corrected chi connectivity index (χ2v) is 7.66. The summed E-state index contributed by atoms with van der Waals surface area (Å²) in [6.07, 6.45) is 3.12. The van der Waals surface area contributed by atoms with E-state index in [-0.39, 0.29) is 46.8 Å². The smallest absolute Gasteiger partial charge is 0.261 e. The number of ether oxygens (including phenoxy) is 2. The van der Waals surface area contributed by atoms with Crippen LogP contribution in [0, 0.1) is 0 Å². The van der Waals surface area contributed by atoms with Gasteiger partial charge in [0.05, 0.1) is 46.8 Å². The lowest BCUT2D eigenvalue weighted by atomic mass is 10.1. The summed E-state index contributed by atoms with van der Waals surface area (Å²) in [6, 6.07) is 2.80. The van der Waals surface area contributed by atoms with E-state index >= 15 is 0 Å². The summed E-state index contributed by atoms with van der Waals surface area (Å²) < 4.78 is 13.4. The third kappa shape index (κ3) is 2.59. The summed E-state index contributed by atoms with van der Waals surface area (Å²) in [6.45, 7) is 1.66. The molecule has 2 aromatic heterocycles. The molecule has 146 valence electrons. The number of hydrogen-bond acceptors (Lipinski definition) is 6. The van der Waals surface area contributed by atoms with Gasteiger partial charge in [-0.1, -0.05) is 0 Å². The molecule has 0 spiro atoms. The molecule has 1 aromatic carbocycles. The Kier molecular flexibility index (Phi) is 4.06. The fourth-order valence-electron chi connectivity index (χ4n) is 4.39. The van der Waals surface area contributed by atoms with E-state index in [1.54, 1.807) is 0 Å². The molecule has 0 saturated carbocycles. The number of rotatable bonds is 4. The van der Waals surface area contributed by atoms with Gasteiger partial charge in [0, 0.05) is 13.2 Å². The molecule has 2 fully saturated rings. The van der Waals surface area contributed by atoms with Crippen molar-refractivity contribution in [2.45, 2.75) is 51.0 Å². The molecule has 8 heteroatoms. The Balaban J connectivity index is 1.64. The molecular formula is C20H20N2O6. The van der Waals surface area contributed by atoms with Crippen molar-refractivity contribution >= 4 is 21.5 Å². The first-order chi connectivity index (χ1) is 13.5. The summed E-state index contributed by atoms with van der Waals surface area (Å²) in [5, 5.41) is 0.729. The number of nitrogens with zero attached hydrogens (tertiary/aromatic N) is 2. The molecule has 0 bridgehead atoms.